The number of nitro groups is 1. The number of piperidine rings is 1. The number of nitro benzene ring substituents is 1. The molecule has 0 radical (unpaired) electrons. The molecule has 11 heteroatoms. The van der Waals surface area contributed by atoms with Crippen LogP contribution in [0.3, 0.4) is 0 Å². The zero-order chi connectivity index (χ0) is 26.0. The van der Waals surface area contributed by atoms with Gasteiger partial charge in [-0.05, 0) is 33.6 Å². The smallest absolute Gasteiger partial charge is 0.410 e. The lowest BCUT2D eigenvalue weighted by Gasteiger charge is -2.43. The second-order valence-electron chi connectivity index (χ2n) is 10.4. The van der Waals surface area contributed by atoms with Gasteiger partial charge in [-0.25, -0.2) is 4.79 Å². The van der Waals surface area contributed by atoms with Crippen LogP contribution < -0.4 is 9.64 Å². The zero-order valence-electron chi connectivity index (χ0n) is 21.8. The van der Waals surface area contributed by atoms with Gasteiger partial charge in [-0.2, -0.15) is 5.10 Å². The summed E-state index contributed by atoms with van der Waals surface area (Å²) in [7, 11) is 3.28. The molecule has 0 N–H and O–H groups in total. The standard InChI is InChI=1S/C25H36N6O5/c1-25(2,3)36-24(32)30-8-6-19(7-9-30)28-10-12-29(13-11-28)21-15-23(35-5)22(31(33)34)14-20(21)18-16-26-27(4)17-18/h14-17,19H,6-13H2,1-5H3. The maximum atomic E-state index is 12.4. The second-order valence-corrected chi connectivity index (χ2v) is 10.4. The molecule has 1 amide bonds. The number of carbonyl (C=O) groups excluding carboxylic acids is 1. The van der Waals surface area contributed by atoms with Gasteiger partial charge in [0.15, 0.2) is 5.75 Å². The van der Waals surface area contributed by atoms with E-state index in [4.69, 9.17) is 9.47 Å². The molecule has 2 saturated heterocycles. The summed E-state index contributed by atoms with van der Waals surface area (Å²) in [5.41, 5.74) is 1.96. The molecular formula is C25H36N6O5. The van der Waals surface area contributed by atoms with Crippen LogP contribution in [0, 0.1) is 10.1 Å². The zero-order valence-corrected chi connectivity index (χ0v) is 21.8. The summed E-state index contributed by atoms with van der Waals surface area (Å²) < 4.78 is 12.6. The van der Waals surface area contributed by atoms with Gasteiger partial charge in [0, 0.05) is 87.5 Å². The number of hydrogen-bond acceptors (Lipinski definition) is 8. The van der Waals surface area contributed by atoms with Crippen LogP contribution in [-0.4, -0.2) is 88.6 Å². The van der Waals surface area contributed by atoms with E-state index in [9.17, 15) is 14.9 Å². The Kier molecular flexibility index (Phi) is 7.39. The Hall–Kier alpha value is -3.34. The summed E-state index contributed by atoms with van der Waals surface area (Å²) in [4.78, 5) is 30.2. The van der Waals surface area contributed by atoms with Gasteiger partial charge in [0.2, 0.25) is 0 Å². The number of carbonyl (C=O) groups is 1. The highest BCUT2D eigenvalue weighted by atomic mass is 16.6. The summed E-state index contributed by atoms with van der Waals surface area (Å²) in [6.07, 6.45) is 5.20. The number of anilines is 1. The van der Waals surface area contributed by atoms with Crippen molar-refractivity contribution in [1.29, 1.82) is 0 Å². The first kappa shape index (κ1) is 25.7. The van der Waals surface area contributed by atoms with E-state index in [0.717, 1.165) is 55.8 Å². The molecule has 0 aliphatic carbocycles. The summed E-state index contributed by atoms with van der Waals surface area (Å²) in [5.74, 6) is 0.250. The van der Waals surface area contributed by atoms with E-state index in [0.29, 0.717) is 19.1 Å². The van der Waals surface area contributed by atoms with E-state index < -0.39 is 10.5 Å². The lowest BCUT2D eigenvalue weighted by atomic mass is 10.0. The average Bonchev–Trinajstić information content (AvgIpc) is 3.28. The monoisotopic (exact) mass is 500 g/mol. The van der Waals surface area contributed by atoms with Gasteiger partial charge in [0.25, 0.3) is 0 Å². The third-order valence-corrected chi connectivity index (χ3v) is 6.80. The first-order valence-corrected chi connectivity index (χ1v) is 12.4. The van der Waals surface area contributed by atoms with Gasteiger partial charge < -0.3 is 19.3 Å². The van der Waals surface area contributed by atoms with Gasteiger partial charge in [-0.15, -0.1) is 0 Å². The highest BCUT2D eigenvalue weighted by Gasteiger charge is 2.32. The topological polar surface area (TPSA) is 106 Å². The molecule has 1 aromatic carbocycles. The first-order valence-electron chi connectivity index (χ1n) is 12.4. The van der Waals surface area contributed by atoms with Gasteiger partial charge >= 0.3 is 11.8 Å². The van der Waals surface area contributed by atoms with E-state index in [2.05, 4.69) is 14.9 Å². The molecule has 1 aromatic heterocycles. The minimum absolute atomic E-state index is 0.0597. The number of piperazine rings is 1. The summed E-state index contributed by atoms with van der Waals surface area (Å²) >= 11 is 0. The minimum Gasteiger partial charge on any atom is -0.490 e. The van der Waals surface area contributed by atoms with Gasteiger partial charge in [-0.3, -0.25) is 19.7 Å². The Balaban J connectivity index is 1.44. The second kappa shape index (κ2) is 10.3. The largest absolute Gasteiger partial charge is 0.490 e. The maximum absolute atomic E-state index is 12.4. The third kappa shape index (κ3) is 5.72. The summed E-state index contributed by atoms with van der Waals surface area (Å²) in [5, 5.41) is 15.9. The molecule has 0 bridgehead atoms. The van der Waals surface area contributed by atoms with Crippen LogP contribution in [0.15, 0.2) is 24.5 Å². The van der Waals surface area contributed by atoms with E-state index in [1.807, 2.05) is 34.0 Å². The predicted octanol–water partition coefficient (Wildman–Crippen LogP) is 3.53. The van der Waals surface area contributed by atoms with E-state index >= 15 is 0 Å². The van der Waals surface area contributed by atoms with E-state index in [1.54, 1.807) is 27.9 Å². The lowest BCUT2D eigenvalue weighted by Crippen LogP contribution is -2.54. The number of benzene rings is 1. The number of aromatic nitrogens is 2. The van der Waals surface area contributed by atoms with Crippen LogP contribution in [0.5, 0.6) is 5.75 Å². The number of methoxy groups -OCH3 is 1. The SMILES string of the molecule is COc1cc(N2CCN(C3CCN(C(=O)OC(C)(C)C)CC3)CC2)c(-c2cnn(C)c2)cc1[N+](=O)[O-]. The lowest BCUT2D eigenvalue weighted by molar-refractivity contribution is -0.385. The van der Waals surface area contributed by atoms with Crippen molar-refractivity contribution >= 4 is 17.5 Å². The fourth-order valence-corrected chi connectivity index (χ4v) is 4.99. The number of ether oxygens (including phenoxy) is 2. The van der Waals surface area contributed by atoms with Gasteiger partial charge in [0.05, 0.1) is 18.2 Å². The fourth-order valence-electron chi connectivity index (χ4n) is 4.99. The van der Waals surface area contributed by atoms with Crippen molar-refractivity contribution in [3.05, 3.63) is 34.6 Å². The number of likely N-dealkylation sites (tertiary alicyclic amines) is 1. The highest BCUT2D eigenvalue weighted by Crippen LogP contribution is 2.40. The molecule has 4 rings (SSSR count). The van der Waals surface area contributed by atoms with Crippen LogP contribution in [0.2, 0.25) is 0 Å². The first-order chi connectivity index (χ1) is 17.1. The Labute approximate surface area is 211 Å². The highest BCUT2D eigenvalue weighted by molar-refractivity contribution is 5.82. The van der Waals surface area contributed by atoms with Crippen LogP contribution in [-0.2, 0) is 11.8 Å². The molecule has 2 aliphatic heterocycles. The Morgan fingerprint density at radius 3 is 2.31 bits per heavy atom. The van der Waals surface area contributed by atoms with E-state index in [-0.39, 0.29) is 17.5 Å². The van der Waals surface area contributed by atoms with Crippen LogP contribution >= 0.6 is 0 Å². The molecular weight excluding hydrogens is 464 g/mol. The van der Waals surface area contributed by atoms with Gasteiger partial charge in [-0.1, -0.05) is 0 Å². The van der Waals surface area contributed by atoms with Crippen LogP contribution in [0.1, 0.15) is 33.6 Å². The molecule has 0 saturated carbocycles. The van der Waals surface area contributed by atoms with Crippen molar-refractivity contribution in [3.63, 3.8) is 0 Å². The van der Waals surface area contributed by atoms with Crippen molar-refractivity contribution in [1.82, 2.24) is 19.6 Å². The number of amides is 1. The molecule has 0 atom stereocenters. The molecule has 2 aromatic rings. The normalized spacial score (nSPS) is 17.8. The Bertz CT molecular complexity index is 1090. The average molecular weight is 501 g/mol. The quantitative estimate of drug-likeness (QED) is 0.453. The molecule has 2 aliphatic rings. The van der Waals surface area contributed by atoms with Crippen molar-refractivity contribution in [2.45, 2.75) is 45.3 Å². The summed E-state index contributed by atoms with van der Waals surface area (Å²) in [6, 6.07) is 3.79. The molecule has 196 valence electrons. The van der Waals surface area contributed by atoms with Crippen molar-refractivity contribution in [2.24, 2.45) is 7.05 Å². The predicted molar refractivity (Wildman–Crippen MR) is 136 cm³/mol. The van der Waals surface area contributed by atoms with Crippen LogP contribution in [0.25, 0.3) is 11.1 Å². The molecule has 36 heavy (non-hydrogen) atoms. The Morgan fingerprint density at radius 2 is 1.78 bits per heavy atom. The maximum Gasteiger partial charge on any atom is 0.410 e. The van der Waals surface area contributed by atoms with Crippen molar-refractivity contribution in [3.8, 4) is 16.9 Å². The third-order valence-electron chi connectivity index (χ3n) is 6.80. The molecule has 2 fully saturated rings. The van der Waals surface area contributed by atoms with Crippen LogP contribution in [0.4, 0.5) is 16.2 Å². The minimum atomic E-state index is -0.487. The van der Waals surface area contributed by atoms with E-state index in [1.165, 1.54) is 7.11 Å². The molecule has 11 nitrogen and oxygen atoms in total. The fraction of sp³-hybridized carbons (Fsp3) is 0.600. The van der Waals surface area contributed by atoms with Crippen molar-refractivity contribution in [2.75, 3.05) is 51.3 Å². The molecule has 0 unspecified atom stereocenters. The van der Waals surface area contributed by atoms with Crippen molar-refractivity contribution < 1.29 is 19.2 Å². The van der Waals surface area contributed by atoms with Gasteiger partial charge in [0.1, 0.15) is 5.60 Å². The Morgan fingerprint density at radius 1 is 1.11 bits per heavy atom. The summed E-state index contributed by atoms with van der Waals surface area (Å²) in [6.45, 7) is 10.4. The number of hydrogen-bond donors (Lipinski definition) is 0. The molecule has 0 spiro atoms. The molecule has 3 heterocycles. The number of rotatable bonds is 5. The number of nitrogens with zero attached hydrogens (tertiary/aromatic N) is 6. The number of aryl methyl sites for hydroxylation is 1.